The molecule has 0 saturated carbocycles. The molecule has 1 saturated heterocycles. The lowest BCUT2D eigenvalue weighted by Gasteiger charge is -2.29. The van der Waals surface area contributed by atoms with Crippen LogP contribution in [0.25, 0.3) is 11.3 Å². The Morgan fingerprint density at radius 2 is 2.07 bits per heavy atom. The van der Waals surface area contributed by atoms with Crippen LogP contribution in [0.15, 0.2) is 59.1 Å². The Bertz CT molecular complexity index is 1100. The molecule has 2 atom stereocenters. The van der Waals surface area contributed by atoms with Crippen molar-refractivity contribution < 1.29 is 14.3 Å². The van der Waals surface area contributed by atoms with Gasteiger partial charge >= 0.3 is 5.97 Å². The predicted octanol–water partition coefficient (Wildman–Crippen LogP) is 5.07. The first-order valence-electron chi connectivity index (χ1n) is 9.49. The fourth-order valence-electron chi connectivity index (χ4n) is 3.73. The van der Waals surface area contributed by atoms with E-state index in [1.165, 1.54) is 12.1 Å². The molecule has 0 aliphatic carbocycles. The Hall–Kier alpha value is -2.90. The van der Waals surface area contributed by atoms with Crippen LogP contribution in [0.3, 0.4) is 0 Å². The zero-order valence-electron chi connectivity index (χ0n) is 16.4. The molecule has 0 bridgehead atoms. The van der Waals surface area contributed by atoms with E-state index in [2.05, 4.69) is 29.0 Å². The molecule has 0 unspecified atom stereocenters. The van der Waals surface area contributed by atoms with Crippen molar-refractivity contribution in [1.29, 1.82) is 0 Å². The van der Waals surface area contributed by atoms with Crippen molar-refractivity contribution in [2.75, 3.05) is 0 Å². The van der Waals surface area contributed by atoms with Gasteiger partial charge in [0, 0.05) is 17.8 Å². The number of carboxylic acid groups (broad SMARTS) is 1. The molecule has 0 amide bonds. The van der Waals surface area contributed by atoms with Crippen LogP contribution in [0.4, 0.5) is 0 Å². The van der Waals surface area contributed by atoms with Crippen molar-refractivity contribution in [3.8, 4) is 11.3 Å². The van der Waals surface area contributed by atoms with Gasteiger partial charge in [0.2, 0.25) is 0 Å². The van der Waals surface area contributed by atoms with Crippen LogP contribution in [-0.2, 0) is 0 Å². The third kappa shape index (κ3) is 3.66. The molecule has 1 fully saturated rings. The number of aromatic carboxylic acids is 1. The Morgan fingerprint density at radius 1 is 1.27 bits per heavy atom. The largest absolute Gasteiger partial charge is 0.478 e. The third-order valence-corrected chi connectivity index (χ3v) is 5.75. The lowest BCUT2D eigenvalue weighted by molar-refractivity contribution is 0.0697. The minimum absolute atomic E-state index is 0.135. The summed E-state index contributed by atoms with van der Waals surface area (Å²) in [7, 11) is 0. The fraction of sp³-hybridized carbons (Fsp3) is 0.227. The fourth-order valence-corrected chi connectivity index (χ4v) is 4.39. The Balaban J connectivity index is 1.77. The number of hydrogen-bond donors (Lipinski definition) is 2. The molecule has 2 aromatic heterocycles. The van der Waals surface area contributed by atoms with Gasteiger partial charge in [-0.15, -0.1) is 0 Å². The molecule has 2 N–H and O–H groups in total. The number of halogens is 1. The maximum absolute atomic E-state index is 11.4. The van der Waals surface area contributed by atoms with Gasteiger partial charge in [0.05, 0.1) is 22.3 Å². The maximum atomic E-state index is 11.4. The van der Waals surface area contributed by atoms with E-state index < -0.39 is 5.97 Å². The van der Waals surface area contributed by atoms with E-state index in [0.717, 1.165) is 5.69 Å². The molecule has 30 heavy (non-hydrogen) atoms. The highest BCUT2D eigenvalue weighted by atomic mass is 35.5. The topological polar surface area (TPSA) is 78.6 Å². The number of hydrogen-bond acceptors (Lipinski definition) is 4. The van der Waals surface area contributed by atoms with E-state index >= 15 is 0 Å². The number of carboxylic acids is 1. The molecular formula is C22H20ClN3O3S. The molecule has 1 aromatic carbocycles. The van der Waals surface area contributed by atoms with Crippen LogP contribution in [-0.4, -0.2) is 32.1 Å². The lowest BCUT2D eigenvalue weighted by atomic mass is 10.0. The van der Waals surface area contributed by atoms with E-state index in [-0.39, 0.29) is 23.7 Å². The van der Waals surface area contributed by atoms with Crippen LogP contribution >= 0.6 is 23.8 Å². The number of furan rings is 1. The number of nitrogens with zero attached hydrogens (tertiary/aromatic N) is 2. The molecule has 154 valence electrons. The Morgan fingerprint density at radius 3 is 2.73 bits per heavy atom. The molecule has 6 nitrogen and oxygen atoms in total. The van der Waals surface area contributed by atoms with Crippen molar-refractivity contribution in [1.82, 2.24) is 15.2 Å². The molecule has 3 heterocycles. The van der Waals surface area contributed by atoms with Crippen LogP contribution in [0.5, 0.6) is 0 Å². The standard InChI is InChI=1S/C22H20ClN3O3S/c1-12(2)26-20(19(25-22(26)30)16-5-3-4-10-24-16)18-9-8-17(29-18)14-11-13(21(27)28)6-7-15(14)23/h3-12,19-20H,1-2H3,(H,25,30)(H,27,28)/t19-,20+/m0/s1. The summed E-state index contributed by atoms with van der Waals surface area (Å²) < 4.78 is 6.20. The normalized spacial score (nSPS) is 18.7. The first kappa shape index (κ1) is 20.4. The third-order valence-electron chi connectivity index (χ3n) is 5.09. The molecule has 8 heteroatoms. The van der Waals surface area contributed by atoms with Gasteiger partial charge in [0.15, 0.2) is 5.11 Å². The highest BCUT2D eigenvalue weighted by Gasteiger charge is 2.42. The summed E-state index contributed by atoms with van der Waals surface area (Å²) in [6.07, 6.45) is 1.75. The average Bonchev–Trinajstić information content (AvgIpc) is 3.33. The summed E-state index contributed by atoms with van der Waals surface area (Å²) in [6.45, 7) is 4.14. The second-order valence-electron chi connectivity index (χ2n) is 7.33. The Kier molecular flexibility index (Phi) is 5.49. The zero-order valence-corrected chi connectivity index (χ0v) is 17.9. The lowest BCUT2D eigenvalue weighted by Crippen LogP contribution is -2.35. The summed E-state index contributed by atoms with van der Waals surface area (Å²) >= 11 is 11.9. The smallest absolute Gasteiger partial charge is 0.335 e. The molecule has 0 spiro atoms. The van der Waals surface area contributed by atoms with E-state index in [4.69, 9.17) is 28.2 Å². The first-order valence-corrected chi connectivity index (χ1v) is 10.3. The Labute approximate surface area is 184 Å². The number of benzene rings is 1. The SMILES string of the molecule is CC(C)N1C(=S)N[C@@H](c2ccccn2)[C@H]1c1ccc(-c2cc(C(=O)O)ccc2Cl)o1. The predicted molar refractivity (Wildman–Crippen MR) is 119 cm³/mol. The monoisotopic (exact) mass is 441 g/mol. The van der Waals surface area contributed by atoms with E-state index in [9.17, 15) is 9.90 Å². The van der Waals surface area contributed by atoms with Crippen LogP contribution in [0.1, 0.15) is 47.7 Å². The van der Waals surface area contributed by atoms with Gasteiger partial charge in [-0.3, -0.25) is 4.98 Å². The summed E-state index contributed by atoms with van der Waals surface area (Å²) in [5, 5.41) is 13.7. The summed E-state index contributed by atoms with van der Waals surface area (Å²) in [4.78, 5) is 17.9. The van der Waals surface area contributed by atoms with Gasteiger partial charge in [0.1, 0.15) is 17.6 Å². The van der Waals surface area contributed by atoms with Crippen molar-refractivity contribution in [3.05, 3.63) is 76.8 Å². The number of thiocarbonyl (C=S) groups is 1. The second kappa shape index (κ2) is 8.08. The van der Waals surface area contributed by atoms with Crippen molar-refractivity contribution in [3.63, 3.8) is 0 Å². The molecule has 3 aromatic rings. The summed E-state index contributed by atoms with van der Waals surface area (Å²) in [5.41, 5.74) is 1.53. The van der Waals surface area contributed by atoms with Crippen LogP contribution in [0, 0.1) is 0 Å². The molecular weight excluding hydrogens is 422 g/mol. The van der Waals surface area contributed by atoms with Gasteiger partial charge < -0.3 is 19.7 Å². The van der Waals surface area contributed by atoms with Gasteiger partial charge in [-0.1, -0.05) is 17.7 Å². The van der Waals surface area contributed by atoms with E-state index in [1.54, 1.807) is 18.3 Å². The number of rotatable bonds is 5. The summed E-state index contributed by atoms with van der Waals surface area (Å²) in [6, 6.07) is 13.7. The van der Waals surface area contributed by atoms with Gasteiger partial charge in [0.25, 0.3) is 0 Å². The van der Waals surface area contributed by atoms with E-state index in [0.29, 0.717) is 27.2 Å². The van der Waals surface area contributed by atoms with Crippen molar-refractivity contribution in [2.24, 2.45) is 0 Å². The van der Waals surface area contributed by atoms with Crippen LogP contribution < -0.4 is 5.32 Å². The maximum Gasteiger partial charge on any atom is 0.335 e. The molecule has 4 rings (SSSR count). The van der Waals surface area contributed by atoms with Gasteiger partial charge in [-0.2, -0.15) is 0 Å². The average molecular weight is 442 g/mol. The first-order chi connectivity index (χ1) is 14.4. The molecule has 1 aliphatic heterocycles. The van der Waals surface area contributed by atoms with Gasteiger partial charge in [-0.25, -0.2) is 4.79 Å². The van der Waals surface area contributed by atoms with Crippen LogP contribution in [0.2, 0.25) is 5.02 Å². The van der Waals surface area contributed by atoms with Crippen molar-refractivity contribution >= 4 is 34.9 Å². The number of aromatic nitrogens is 1. The zero-order chi connectivity index (χ0) is 21.4. The van der Waals surface area contributed by atoms with Crippen molar-refractivity contribution in [2.45, 2.75) is 32.0 Å². The number of nitrogens with one attached hydrogen (secondary N) is 1. The quantitative estimate of drug-likeness (QED) is 0.535. The minimum atomic E-state index is -1.02. The molecule has 0 radical (unpaired) electrons. The van der Waals surface area contributed by atoms with Gasteiger partial charge in [-0.05, 0) is 68.5 Å². The highest BCUT2D eigenvalue weighted by Crippen LogP contribution is 2.42. The number of pyridine rings is 1. The van der Waals surface area contributed by atoms with E-state index in [1.807, 2.05) is 24.3 Å². The second-order valence-corrected chi connectivity index (χ2v) is 8.12. The summed E-state index contributed by atoms with van der Waals surface area (Å²) in [5.74, 6) is 0.170. The number of carbonyl (C=O) groups is 1. The highest BCUT2D eigenvalue weighted by molar-refractivity contribution is 7.80. The molecule has 1 aliphatic rings. The minimum Gasteiger partial charge on any atom is -0.478 e.